The van der Waals surface area contributed by atoms with Crippen LogP contribution in [0.3, 0.4) is 0 Å². The van der Waals surface area contributed by atoms with Gasteiger partial charge in [-0.3, -0.25) is 9.69 Å². The number of rotatable bonds is 1. The van der Waals surface area contributed by atoms with Crippen molar-refractivity contribution in [3.63, 3.8) is 0 Å². The van der Waals surface area contributed by atoms with Gasteiger partial charge in [0, 0.05) is 12.5 Å². The van der Waals surface area contributed by atoms with Gasteiger partial charge in [-0.25, -0.2) is 0 Å². The highest BCUT2D eigenvalue weighted by Gasteiger charge is 2.55. The Morgan fingerprint density at radius 2 is 2.36 bits per heavy atom. The van der Waals surface area contributed by atoms with Crippen molar-refractivity contribution in [3.05, 3.63) is 0 Å². The highest BCUT2D eigenvalue weighted by molar-refractivity contribution is 5.81. The van der Waals surface area contributed by atoms with E-state index in [4.69, 9.17) is 4.74 Å². The summed E-state index contributed by atoms with van der Waals surface area (Å²) < 4.78 is 4.84. The first-order chi connectivity index (χ1) is 6.60. The Balaban J connectivity index is 2.27. The number of fused-ring (bicyclic) bond motifs is 2. The number of aliphatic hydroxyl groups excluding tert-OH is 1. The van der Waals surface area contributed by atoms with E-state index in [-0.39, 0.29) is 12.1 Å². The quantitative estimate of drug-likeness (QED) is 0.611. The lowest BCUT2D eigenvalue weighted by atomic mass is 9.87. The second-order valence-electron chi connectivity index (χ2n) is 4.42. The van der Waals surface area contributed by atoms with Crippen LogP contribution >= 0.6 is 0 Å². The van der Waals surface area contributed by atoms with Crippen LogP contribution in [-0.2, 0) is 9.53 Å². The van der Waals surface area contributed by atoms with Gasteiger partial charge >= 0.3 is 5.97 Å². The van der Waals surface area contributed by atoms with Crippen molar-refractivity contribution in [2.45, 2.75) is 43.4 Å². The van der Waals surface area contributed by atoms with Crippen LogP contribution in [0, 0.1) is 0 Å². The molecule has 4 heteroatoms. The molecule has 80 valence electrons. The minimum atomic E-state index is -0.545. The largest absolute Gasteiger partial charge is 0.468 e. The number of nitrogens with zero attached hydrogens (tertiary/aromatic N) is 1. The molecular weight excluding hydrogens is 182 g/mol. The van der Waals surface area contributed by atoms with Crippen molar-refractivity contribution in [2.24, 2.45) is 0 Å². The van der Waals surface area contributed by atoms with Gasteiger partial charge in [-0.2, -0.15) is 0 Å². The van der Waals surface area contributed by atoms with Crippen molar-refractivity contribution < 1.29 is 14.6 Å². The molecule has 3 atom stereocenters. The van der Waals surface area contributed by atoms with Gasteiger partial charge in [0.25, 0.3) is 0 Å². The number of esters is 1. The van der Waals surface area contributed by atoms with Gasteiger partial charge in [-0.15, -0.1) is 0 Å². The van der Waals surface area contributed by atoms with Gasteiger partial charge in [0.1, 0.15) is 5.54 Å². The van der Waals surface area contributed by atoms with Gasteiger partial charge in [0.15, 0.2) is 0 Å². The molecule has 1 unspecified atom stereocenters. The standard InChI is InChI=1S/C10H17NO3/c1-11-7-3-4-10(11,9(13)14-2)6-8(12)5-7/h7-8,12H,3-6H2,1-2H3/t7-,8?,10-/m0/s1. The molecule has 14 heavy (non-hydrogen) atoms. The smallest absolute Gasteiger partial charge is 0.326 e. The number of methoxy groups -OCH3 is 1. The first kappa shape index (κ1) is 9.93. The molecule has 1 N–H and O–H groups in total. The van der Waals surface area contributed by atoms with Crippen molar-refractivity contribution in [1.29, 1.82) is 0 Å². The summed E-state index contributed by atoms with van der Waals surface area (Å²) in [6.07, 6.45) is 2.76. The summed E-state index contributed by atoms with van der Waals surface area (Å²) in [6.45, 7) is 0. The molecule has 2 bridgehead atoms. The molecule has 0 radical (unpaired) electrons. The number of carbonyl (C=O) groups is 1. The SMILES string of the molecule is COC(=O)[C@]12CC[C@@H](CC(O)C1)N2C. The average molecular weight is 199 g/mol. The zero-order chi connectivity index (χ0) is 10.3. The van der Waals surface area contributed by atoms with E-state index in [0.29, 0.717) is 12.5 Å². The molecule has 0 saturated carbocycles. The maximum absolute atomic E-state index is 11.7. The lowest BCUT2D eigenvalue weighted by Crippen LogP contribution is -2.57. The molecule has 0 aliphatic carbocycles. The van der Waals surface area contributed by atoms with Crippen LogP contribution < -0.4 is 0 Å². The zero-order valence-electron chi connectivity index (χ0n) is 8.69. The number of aliphatic hydroxyl groups is 1. The Kier molecular flexibility index (Phi) is 2.27. The number of hydrogen-bond donors (Lipinski definition) is 1. The summed E-state index contributed by atoms with van der Waals surface area (Å²) in [5.74, 6) is -0.193. The third-order valence-electron chi connectivity index (χ3n) is 3.80. The van der Waals surface area contributed by atoms with E-state index in [1.54, 1.807) is 0 Å². The summed E-state index contributed by atoms with van der Waals surface area (Å²) in [5, 5.41) is 9.68. The Morgan fingerprint density at radius 3 is 3.00 bits per heavy atom. The lowest BCUT2D eigenvalue weighted by molar-refractivity contribution is -0.158. The van der Waals surface area contributed by atoms with E-state index in [2.05, 4.69) is 4.90 Å². The minimum absolute atomic E-state index is 0.193. The summed E-state index contributed by atoms with van der Waals surface area (Å²) in [5.41, 5.74) is -0.545. The van der Waals surface area contributed by atoms with Crippen LogP contribution in [0.2, 0.25) is 0 Å². The first-order valence-corrected chi connectivity index (χ1v) is 5.09. The topological polar surface area (TPSA) is 49.8 Å². The van der Waals surface area contributed by atoms with Crippen LogP contribution in [0.4, 0.5) is 0 Å². The molecule has 2 saturated heterocycles. The lowest BCUT2D eigenvalue weighted by Gasteiger charge is -2.42. The van der Waals surface area contributed by atoms with Crippen molar-refractivity contribution in [1.82, 2.24) is 4.90 Å². The van der Waals surface area contributed by atoms with Crippen LogP contribution in [0.1, 0.15) is 25.7 Å². The second-order valence-corrected chi connectivity index (χ2v) is 4.42. The van der Waals surface area contributed by atoms with Crippen LogP contribution in [0.15, 0.2) is 0 Å². The number of piperidine rings is 1. The van der Waals surface area contributed by atoms with Gasteiger partial charge < -0.3 is 9.84 Å². The van der Waals surface area contributed by atoms with Crippen molar-refractivity contribution >= 4 is 5.97 Å². The predicted octanol–water partition coefficient (Wildman–Crippen LogP) is 0.147. The molecule has 0 amide bonds. The van der Waals surface area contributed by atoms with Crippen molar-refractivity contribution in [2.75, 3.05) is 14.2 Å². The first-order valence-electron chi connectivity index (χ1n) is 5.09. The zero-order valence-corrected chi connectivity index (χ0v) is 8.69. The van der Waals surface area contributed by atoms with Crippen LogP contribution in [-0.4, -0.2) is 47.8 Å². The molecule has 2 aliphatic rings. The van der Waals surface area contributed by atoms with Gasteiger partial charge in [0.05, 0.1) is 13.2 Å². The van der Waals surface area contributed by atoms with Gasteiger partial charge in [-0.05, 0) is 26.3 Å². The molecule has 4 nitrogen and oxygen atoms in total. The number of likely N-dealkylation sites (N-methyl/N-ethyl adjacent to an activating group) is 1. The summed E-state index contributed by atoms with van der Waals surface area (Å²) >= 11 is 0. The molecule has 2 heterocycles. The maximum Gasteiger partial charge on any atom is 0.326 e. The average Bonchev–Trinajstić information content (AvgIpc) is 2.39. The molecule has 2 rings (SSSR count). The Morgan fingerprint density at radius 1 is 1.64 bits per heavy atom. The summed E-state index contributed by atoms with van der Waals surface area (Å²) in [7, 11) is 3.37. The maximum atomic E-state index is 11.7. The fourth-order valence-electron chi connectivity index (χ4n) is 2.95. The Hall–Kier alpha value is -0.610. The van der Waals surface area contributed by atoms with Gasteiger partial charge in [0.2, 0.25) is 0 Å². The molecule has 0 spiro atoms. The monoisotopic (exact) mass is 199 g/mol. The van der Waals surface area contributed by atoms with E-state index < -0.39 is 5.54 Å². The Labute approximate surface area is 83.8 Å². The fraction of sp³-hybridized carbons (Fsp3) is 0.900. The third-order valence-corrected chi connectivity index (χ3v) is 3.80. The molecular formula is C10H17NO3. The van der Waals surface area contributed by atoms with E-state index in [9.17, 15) is 9.90 Å². The highest BCUT2D eigenvalue weighted by Crippen LogP contribution is 2.43. The molecule has 0 aromatic rings. The summed E-state index contributed by atoms with van der Waals surface area (Å²) in [4.78, 5) is 13.8. The molecule has 0 aromatic carbocycles. The normalized spacial score (nSPS) is 42.5. The van der Waals surface area contributed by atoms with E-state index in [0.717, 1.165) is 19.3 Å². The van der Waals surface area contributed by atoms with E-state index in [1.165, 1.54) is 7.11 Å². The summed E-state index contributed by atoms with van der Waals surface area (Å²) in [6, 6.07) is 0.345. The van der Waals surface area contributed by atoms with E-state index >= 15 is 0 Å². The number of carbonyl (C=O) groups excluding carboxylic acids is 1. The highest BCUT2D eigenvalue weighted by atomic mass is 16.5. The van der Waals surface area contributed by atoms with Gasteiger partial charge in [-0.1, -0.05) is 0 Å². The molecule has 0 aromatic heterocycles. The number of hydrogen-bond acceptors (Lipinski definition) is 4. The molecule has 2 fully saturated rings. The third kappa shape index (κ3) is 1.17. The molecule has 2 aliphatic heterocycles. The minimum Gasteiger partial charge on any atom is -0.468 e. The fourth-order valence-corrected chi connectivity index (χ4v) is 2.95. The van der Waals surface area contributed by atoms with Crippen molar-refractivity contribution in [3.8, 4) is 0 Å². The predicted molar refractivity (Wildman–Crippen MR) is 50.8 cm³/mol. The van der Waals surface area contributed by atoms with Crippen LogP contribution in [0.5, 0.6) is 0 Å². The number of ether oxygens (including phenoxy) is 1. The van der Waals surface area contributed by atoms with E-state index in [1.807, 2.05) is 7.05 Å². The second kappa shape index (κ2) is 3.21. The Bertz CT molecular complexity index is 256. The van der Waals surface area contributed by atoms with Crippen LogP contribution in [0.25, 0.3) is 0 Å².